The van der Waals surface area contributed by atoms with Crippen LogP contribution in [0.25, 0.3) is 11.0 Å². The molecule has 0 fully saturated rings. The van der Waals surface area contributed by atoms with Crippen molar-refractivity contribution in [2.45, 2.75) is 13.5 Å². The molecule has 0 spiro atoms. The number of hydrogen-bond donors (Lipinski definition) is 2. The molecule has 1 heterocycles. The number of aromatic amines is 1. The van der Waals surface area contributed by atoms with E-state index >= 15 is 0 Å². The molecule has 3 aromatic rings. The monoisotopic (exact) mass is 309 g/mol. The van der Waals surface area contributed by atoms with Crippen LogP contribution in [-0.2, 0) is 11.3 Å². The van der Waals surface area contributed by atoms with Gasteiger partial charge in [-0.05, 0) is 36.8 Å². The first-order valence-electron chi connectivity index (χ1n) is 7.13. The Morgan fingerprint density at radius 1 is 1.13 bits per heavy atom. The number of hydrogen-bond acceptors (Lipinski definition) is 3. The molecule has 0 aliphatic carbocycles. The van der Waals surface area contributed by atoms with E-state index in [0.29, 0.717) is 16.7 Å². The third-order valence-corrected chi connectivity index (χ3v) is 3.49. The Labute approximate surface area is 131 Å². The number of para-hydroxylation sites is 2. The lowest BCUT2D eigenvalue weighted by Gasteiger charge is -2.10. The van der Waals surface area contributed by atoms with Crippen molar-refractivity contribution in [1.82, 2.24) is 9.55 Å². The number of benzene rings is 2. The summed E-state index contributed by atoms with van der Waals surface area (Å²) in [5.41, 5.74) is 1.20. The van der Waals surface area contributed by atoms with Gasteiger partial charge in [-0.15, -0.1) is 0 Å². The van der Waals surface area contributed by atoms with Gasteiger partial charge in [0.2, 0.25) is 5.91 Å². The summed E-state index contributed by atoms with van der Waals surface area (Å²) in [6.07, 6.45) is 0. The maximum Gasteiger partial charge on any atom is 0.317 e. The number of nitrogens with zero attached hydrogens (tertiary/aromatic N) is 1. The quantitative estimate of drug-likeness (QED) is 0.721. The smallest absolute Gasteiger partial charge is 0.317 e. The minimum absolute atomic E-state index is 0.225. The molecule has 0 bridgehead atoms. The van der Waals surface area contributed by atoms with Gasteiger partial charge in [-0.2, -0.15) is 0 Å². The van der Waals surface area contributed by atoms with Crippen LogP contribution in [0.3, 0.4) is 0 Å². The summed E-state index contributed by atoms with van der Waals surface area (Å²) in [6.45, 7) is 1.70. The van der Waals surface area contributed by atoms with E-state index in [9.17, 15) is 14.4 Å². The van der Waals surface area contributed by atoms with Crippen LogP contribution in [0.5, 0.6) is 0 Å². The minimum atomic E-state index is -0.747. The number of fused-ring (bicyclic) bond motifs is 1. The summed E-state index contributed by atoms with van der Waals surface area (Å²) >= 11 is 0. The van der Waals surface area contributed by atoms with Gasteiger partial charge < -0.3 is 10.3 Å². The number of aryl methyl sites for hydroxylation is 1. The molecule has 0 saturated carbocycles. The summed E-state index contributed by atoms with van der Waals surface area (Å²) < 4.78 is 1.18. The average Bonchev–Trinajstić information content (AvgIpc) is 2.52. The van der Waals surface area contributed by atoms with E-state index in [2.05, 4.69) is 10.3 Å². The maximum atomic E-state index is 12.2. The summed E-state index contributed by atoms with van der Waals surface area (Å²) in [7, 11) is 0. The first-order valence-corrected chi connectivity index (χ1v) is 7.13. The zero-order chi connectivity index (χ0) is 16.4. The fourth-order valence-electron chi connectivity index (χ4n) is 2.45. The fourth-order valence-corrected chi connectivity index (χ4v) is 2.45. The second kappa shape index (κ2) is 5.92. The number of carbonyl (C=O) groups excluding carboxylic acids is 1. The second-order valence-corrected chi connectivity index (χ2v) is 5.28. The van der Waals surface area contributed by atoms with Gasteiger partial charge in [-0.1, -0.05) is 24.3 Å². The van der Waals surface area contributed by atoms with Gasteiger partial charge >= 0.3 is 11.1 Å². The van der Waals surface area contributed by atoms with Gasteiger partial charge in [0.25, 0.3) is 0 Å². The summed E-state index contributed by atoms with van der Waals surface area (Å²) in [4.78, 5) is 38.5. The number of carbonyl (C=O) groups is 1. The fraction of sp³-hybridized carbons (Fsp3) is 0.118. The number of aromatic nitrogens is 2. The Hall–Kier alpha value is -3.15. The molecule has 116 valence electrons. The van der Waals surface area contributed by atoms with Gasteiger partial charge in [0.1, 0.15) is 6.54 Å². The largest absolute Gasteiger partial charge is 0.325 e. The van der Waals surface area contributed by atoms with Gasteiger partial charge in [0.15, 0.2) is 0 Å². The molecule has 2 N–H and O–H groups in total. The molecule has 0 atom stereocenters. The van der Waals surface area contributed by atoms with Crippen molar-refractivity contribution < 1.29 is 4.79 Å². The van der Waals surface area contributed by atoms with Crippen molar-refractivity contribution in [2.75, 3.05) is 5.32 Å². The lowest BCUT2D eigenvalue weighted by atomic mass is 10.2. The molecular weight excluding hydrogens is 294 g/mol. The zero-order valence-corrected chi connectivity index (χ0v) is 12.5. The molecule has 2 aromatic carbocycles. The predicted octanol–water partition coefficient (Wildman–Crippen LogP) is 1.64. The van der Waals surface area contributed by atoms with Crippen molar-refractivity contribution in [1.29, 1.82) is 0 Å². The van der Waals surface area contributed by atoms with Crippen molar-refractivity contribution in [3.05, 3.63) is 74.8 Å². The van der Waals surface area contributed by atoms with Crippen LogP contribution in [0.1, 0.15) is 5.56 Å². The Morgan fingerprint density at radius 2 is 1.91 bits per heavy atom. The first kappa shape index (κ1) is 14.8. The van der Waals surface area contributed by atoms with E-state index in [1.54, 1.807) is 30.3 Å². The number of amides is 1. The summed E-state index contributed by atoms with van der Waals surface area (Å²) in [5, 5.41) is 2.73. The van der Waals surface area contributed by atoms with Crippen molar-refractivity contribution in [3.63, 3.8) is 0 Å². The van der Waals surface area contributed by atoms with Crippen LogP contribution in [-0.4, -0.2) is 15.5 Å². The third-order valence-electron chi connectivity index (χ3n) is 3.49. The maximum absolute atomic E-state index is 12.2. The van der Waals surface area contributed by atoms with E-state index in [4.69, 9.17) is 0 Å². The molecule has 1 aromatic heterocycles. The summed E-state index contributed by atoms with van der Waals surface area (Å²) in [6, 6.07) is 14.2. The number of H-pyrrole nitrogens is 1. The van der Waals surface area contributed by atoms with Crippen LogP contribution >= 0.6 is 0 Å². The molecule has 1 amide bonds. The van der Waals surface area contributed by atoms with E-state index in [1.807, 2.05) is 25.1 Å². The first-order chi connectivity index (χ1) is 11.0. The van der Waals surface area contributed by atoms with Gasteiger partial charge in [-0.3, -0.25) is 19.0 Å². The van der Waals surface area contributed by atoms with Gasteiger partial charge in [0, 0.05) is 5.69 Å². The highest BCUT2D eigenvalue weighted by Crippen LogP contribution is 2.10. The van der Waals surface area contributed by atoms with Crippen LogP contribution < -0.4 is 16.4 Å². The van der Waals surface area contributed by atoms with E-state index in [0.717, 1.165) is 5.56 Å². The zero-order valence-electron chi connectivity index (χ0n) is 12.5. The normalized spacial score (nSPS) is 10.7. The van der Waals surface area contributed by atoms with E-state index in [-0.39, 0.29) is 12.5 Å². The Balaban J connectivity index is 1.95. The molecule has 3 rings (SSSR count). The van der Waals surface area contributed by atoms with Crippen molar-refractivity contribution >= 4 is 22.6 Å². The van der Waals surface area contributed by atoms with Crippen molar-refractivity contribution in [3.8, 4) is 0 Å². The average molecular weight is 309 g/mol. The number of anilines is 1. The molecule has 0 saturated heterocycles. The van der Waals surface area contributed by atoms with Crippen LogP contribution in [0, 0.1) is 6.92 Å². The highest BCUT2D eigenvalue weighted by Gasteiger charge is 2.11. The van der Waals surface area contributed by atoms with Crippen LogP contribution in [0.15, 0.2) is 58.1 Å². The second-order valence-electron chi connectivity index (χ2n) is 5.28. The highest BCUT2D eigenvalue weighted by molar-refractivity contribution is 5.91. The predicted molar refractivity (Wildman–Crippen MR) is 88.6 cm³/mol. The SMILES string of the molecule is Cc1cccc(NC(=O)Cn2c(=O)c(=O)[nH]c3ccccc32)c1. The van der Waals surface area contributed by atoms with Crippen LogP contribution in [0.2, 0.25) is 0 Å². The number of rotatable bonds is 3. The minimum Gasteiger partial charge on any atom is -0.325 e. The van der Waals surface area contributed by atoms with Crippen molar-refractivity contribution in [2.24, 2.45) is 0 Å². The van der Waals surface area contributed by atoms with Gasteiger partial charge in [0.05, 0.1) is 11.0 Å². The lowest BCUT2D eigenvalue weighted by molar-refractivity contribution is -0.116. The van der Waals surface area contributed by atoms with Crippen LogP contribution in [0.4, 0.5) is 5.69 Å². The standard InChI is InChI=1S/C17H15N3O3/c1-11-5-4-6-12(9-11)18-15(21)10-20-14-8-3-2-7-13(14)19-16(22)17(20)23/h2-9H,10H2,1H3,(H,18,21)(H,19,22). The molecule has 6 nitrogen and oxygen atoms in total. The Kier molecular flexibility index (Phi) is 3.80. The Morgan fingerprint density at radius 3 is 2.70 bits per heavy atom. The highest BCUT2D eigenvalue weighted by atomic mass is 16.2. The topological polar surface area (TPSA) is 84.0 Å². The third kappa shape index (κ3) is 3.06. The molecule has 6 heteroatoms. The van der Waals surface area contributed by atoms with E-state index < -0.39 is 11.1 Å². The summed E-state index contributed by atoms with van der Waals surface area (Å²) in [5.74, 6) is -0.367. The molecule has 0 aliphatic rings. The number of nitrogens with one attached hydrogen (secondary N) is 2. The lowest BCUT2D eigenvalue weighted by Crippen LogP contribution is -2.38. The molecule has 0 radical (unpaired) electrons. The van der Waals surface area contributed by atoms with E-state index in [1.165, 1.54) is 4.57 Å². The molecule has 0 aliphatic heterocycles. The Bertz CT molecular complexity index is 1000. The van der Waals surface area contributed by atoms with Gasteiger partial charge in [-0.25, -0.2) is 0 Å². The molecule has 23 heavy (non-hydrogen) atoms. The molecule has 0 unspecified atom stereocenters. The molecular formula is C17H15N3O3.